The lowest BCUT2D eigenvalue weighted by Gasteiger charge is -2.59. The summed E-state index contributed by atoms with van der Waals surface area (Å²) in [5, 5.41) is 9.37. The highest BCUT2D eigenvalue weighted by molar-refractivity contribution is 6.33. The molecule has 0 bridgehead atoms. The lowest BCUT2D eigenvalue weighted by Crippen LogP contribution is -2.53. The third-order valence-electron chi connectivity index (χ3n) is 9.11. The molecule has 0 spiro atoms. The number of carbonyl (C=O) groups excluding carboxylic acids is 2. The van der Waals surface area contributed by atoms with Gasteiger partial charge < -0.3 is 5.11 Å². The molecule has 0 aromatic heterocycles. The summed E-state index contributed by atoms with van der Waals surface area (Å²) in [5.74, 6) is 0.102. The van der Waals surface area contributed by atoms with Gasteiger partial charge in [0, 0.05) is 12.3 Å². The van der Waals surface area contributed by atoms with Crippen molar-refractivity contribution >= 4 is 17.5 Å². The molecule has 0 radical (unpaired) electrons. The number of carboxylic acids is 1. The Morgan fingerprint density at radius 3 is 2.48 bits per heavy atom. The fourth-order valence-corrected chi connectivity index (χ4v) is 8.04. The van der Waals surface area contributed by atoms with E-state index in [9.17, 15) is 19.5 Å². The minimum atomic E-state index is -1.27. The molecule has 0 aromatic rings. The van der Waals surface area contributed by atoms with Crippen LogP contribution in [0.25, 0.3) is 0 Å². The zero-order valence-corrected chi connectivity index (χ0v) is 17.0. The first-order chi connectivity index (χ1) is 12.6. The topological polar surface area (TPSA) is 71.4 Å². The second kappa shape index (κ2) is 6.02. The van der Waals surface area contributed by atoms with Crippen molar-refractivity contribution in [1.29, 1.82) is 0 Å². The maximum atomic E-state index is 12.5. The molecule has 8 atom stereocenters. The van der Waals surface area contributed by atoms with Crippen molar-refractivity contribution in [3.05, 3.63) is 11.6 Å². The van der Waals surface area contributed by atoms with Crippen LogP contribution < -0.4 is 0 Å². The van der Waals surface area contributed by atoms with Crippen molar-refractivity contribution in [1.82, 2.24) is 0 Å². The molecule has 0 heterocycles. The Balaban J connectivity index is 1.71. The van der Waals surface area contributed by atoms with Gasteiger partial charge in [-0.25, -0.2) is 4.79 Å². The molecule has 0 saturated heterocycles. The van der Waals surface area contributed by atoms with Crippen LogP contribution in [0.3, 0.4) is 0 Å². The smallest absolute Gasteiger partial charge is 0.372 e. The third-order valence-corrected chi connectivity index (χ3v) is 9.11. The van der Waals surface area contributed by atoms with Gasteiger partial charge in [0.1, 0.15) is 0 Å². The van der Waals surface area contributed by atoms with Crippen LogP contribution >= 0.6 is 0 Å². The van der Waals surface area contributed by atoms with E-state index in [-0.39, 0.29) is 28.4 Å². The standard InChI is InChI=1S/C23H32O4/c1-12-9-15-16(22(3)7-5-14(24)11-17(12)22)6-8-23(4)18(15)10-13(2)19(23)20(25)21(26)27/h11-13,15-16,18-19H,5-10H2,1-4H3,(H,26,27)/t12-,13+,15+,16-,18-,19+,22+,23-/m0/s1. The van der Waals surface area contributed by atoms with E-state index in [0.29, 0.717) is 30.1 Å². The van der Waals surface area contributed by atoms with Crippen LogP contribution in [0, 0.1) is 46.3 Å². The quantitative estimate of drug-likeness (QED) is 0.735. The summed E-state index contributed by atoms with van der Waals surface area (Å²) in [6.07, 6.45) is 7.53. The maximum Gasteiger partial charge on any atom is 0.372 e. The number of carbonyl (C=O) groups is 3. The van der Waals surface area contributed by atoms with E-state index in [4.69, 9.17) is 0 Å². The molecule has 27 heavy (non-hydrogen) atoms. The summed E-state index contributed by atoms with van der Waals surface area (Å²) in [6, 6.07) is 0. The molecule has 148 valence electrons. The highest BCUT2D eigenvalue weighted by atomic mass is 16.4. The monoisotopic (exact) mass is 372 g/mol. The normalized spacial score (nSPS) is 48.9. The number of allylic oxidation sites excluding steroid dienone is 1. The van der Waals surface area contributed by atoms with Crippen molar-refractivity contribution < 1.29 is 19.5 Å². The molecule has 4 aliphatic rings. The van der Waals surface area contributed by atoms with Gasteiger partial charge in [-0.15, -0.1) is 0 Å². The van der Waals surface area contributed by atoms with Crippen LogP contribution in [-0.4, -0.2) is 22.6 Å². The van der Waals surface area contributed by atoms with Gasteiger partial charge in [0.05, 0.1) is 0 Å². The minimum Gasteiger partial charge on any atom is -0.475 e. The Morgan fingerprint density at radius 1 is 1.11 bits per heavy atom. The van der Waals surface area contributed by atoms with Crippen LogP contribution in [0.4, 0.5) is 0 Å². The average molecular weight is 373 g/mol. The fraction of sp³-hybridized carbons (Fsp3) is 0.783. The largest absolute Gasteiger partial charge is 0.475 e. The average Bonchev–Trinajstić information content (AvgIpc) is 2.86. The highest BCUT2D eigenvalue weighted by Crippen LogP contribution is 2.68. The van der Waals surface area contributed by atoms with Crippen LogP contribution in [0.2, 0.25) is 0 Å². The summed E-state index contributed by atoms with van der Waals surface area (Å²) in [6.45, 7) is 8.87. The summed E-state index contributed by atoms with van der Waals surface area (Å²) in [5.41, 5.74) is 1.25. The van der Waals surface area contributed by atoms with Gasteiger partial charge in [0.15, 0.2) is 5.78 Å². The summed E-state index contributed by atoms with van der Waals surface area (Å²) in [7, 11) is 0. The first-order valence-electron chi connectivity index (χ1n) is 10.6. The number of hydrogen-bond acceptors (Lipinski definition) is 3. The zero-order chi connectivity index (χ0) is 19.7. The Morgan fingerprint density at radius 2 is 1.81 bits per heavy atom. The van der Waals surface area contributed by atoms with E-state index in [0.717, 1.165) is 32.1 Å². The van der Waals surface area contributed by atoms with Crippen molar-refractivity contribution in [3.63, 3.8) is 0 Å². The number of ketones is 2. The third kappa shape index (κ3) is 2.51. The van der Waals surface area contributed by atoms with E-state index >= 15 is 0 Å². The van der Waals surface area contributed by atoms with Crippen molar-refractivity contribution in [2.75, 3.05) is 0 Å². The molecule has 0 aliphatic heterocycles. The molecule has 4 heteroatoms. The minimum absolute atomic E-state index is 0.0930. The second-order valence-electron chi connectivity index (χ2n) is 10.4. The lowest BCUT2D eigenvalue weighted by molar-refractivity contribution is -0.155. The Labute approximate surface area is 161 Å². The molecule has 4 rings (SSSR count). The van der Waals surface area contributed by atoms with Crippen LogP contribution in [-0.2, 0) is 14.4 Å². The highest BCUT2D eigenvalue weighted by Gasteiger charge is 2.63. The number of hydrogen-bond donors (Lipinski definition) is 1. The summed E-state index contributed by atoms with van der Waals surface area (Å²) < 4.78 is 0. The van der Waals surface area contributed by atoms with E-state index in [1.807, 2.05) is 6.08 Å². The van der Waals surface area contributed by atoms with Crippen LogP contribution in [0.15, 0.2) is 11.6 Å². The molecule has 3 saturated carbocycles. The Hall–Kier alpha value is -1.45. The number of aliphatic carboxylic acids is 1. The Kier molecular flexibility index (Phi) is 4.21. The molecule has 0 amide bonds. The van der Waals surface area contributed by atoms with E-state index in [1.165, 1.54) is 5.57 Å². The maximum absolute atomic E-state index is 12.5. The number of fused-ring (bicyclic) bond motifs is 5. The van der Waals surface area contributed by atoms with Crippen molar-refractivity contribution in [2.45, 2.75) is 66.2 Å². The lowest BCUT2D eigenvalue weighted by atomic mass is 9.45. The first-order valence-corrected chi connectivity index (χ1v) is 10.6. The predicted molar refractivity (Wildman–Crippen MR) is 102 cm³/mol. The van der Waals surface area contributed by atoms with Gasteiger partial charge in [0.2, 0.25) is 5.78 Å². The second-order valence-corrected chi connectivity index (χ2v) is 10.4. The number of carboxylic acid groups (broad SMARTS) is 1. The van der Waals surface area contributed by atoms with Gasteiger partial charge in [-0.1, -0.05) is 33.3 Å². The van der Waals surface area contributed by atoms with E-state index < -0.39 is 11.8 Å². The van der Waals surface area contributed by atoms with Crippen LogP contribution in [0.5, 0.6) is 0 Å². The molecular formula is C23H32O4. The van der Waals surface area contributed by atoms with Gasteiger partial charge in [-0.05, 0) is 78.6 Å². The van der Waals surface area contributed by atoms with Gasteiger partial charge in [0.25, 0.3) is 0 Å². The number of Topliss-reactive ketones (excluding diaryl/α,β-unsaturated/α-hetero) is 1. The molecule has 4 nitrogen and oxygen atoms in total. The molecule has 4 aliphatic carbocycles. The molecular weight excluding hydrogens is 340 g/mol. The zero-order valence-electron chi connectivity index (χ0n) is 17.0. The fourth-order valence-electron chi connectivity index (χ4n) is 8.04. The van der Waals surface area contributed by atoms with Crippen molar-refractivity contribution in [3.8, 4) is 0 Å². The van der Waals surface area contributed by atoms with Gasteiger partial charge >= 0.3 is 5.97 Å². The van der Waals surface area contributed by atoms with Gasteiger partial charge in [-0.3, -0.25) is 9.59 Å². The summed E-state index contributed by atoms with van der Waals surface area (Å²) >= 11 is 0. The predicted octanol–water partition coefficient (Wildman–Crippen LogP) is 4.28. The first kappa shape index (κ1) is 18.9. The van der Waals surface area contributed by atoms with E-state index in [1.54, 1.807) is 0 Å². The Bertz CT molecular complexity index is 737. The number of rotatable bonds is 2. The van der Waals surface area contributed by atoms with Gasteiger partial charge in [-0.2, -0.15) is 0 Å². The van der Waals surface area contributed by atoms with Crippen LogP contribution in [0.1, 0.15) is 66.2 Å². The van der Waals surface area contributed by atoms with E-state index in [2.05, 4.69) is 27.7 Å². The molecule has 0 aromatic carbocycles. The summed E-state index contributed by atoms with van der Waals surface area (Å²) in [4.78, 5) is 36.0. The SMILES string of the molecule is C[C@@H]1C[C@H]2[C@@H]3C[C@H](C)C4=CC(=O)CC[C@]4(C)[C@H]3CC[C@]2(C)[C@H]1C(=O)C(=O)O. The van der Waals surface area contributed by atoms with Crippen molar-refractivity contribution in [2.24, 2.45) is 46.3 Å². The molecule has 0 unspecified atom stereocenters. The molecule has 1 N–H and O–H groups in total. The molecule has 3 fully saturated rings.